The standard InChI is InChI=1S/C41H42N4O/c1-24(2)33-21-28(27-13-10-9-11-14-27)22-34(25(3)4)37(33)45-36-26(5)42-20-19-35(36)44-39(45)32-16-12-15-30-31-18-17-29(23-41(6,7)8)43-40(31)46-38(30)32/h9-22,24-25H,23H2,1-8H3. The minimum absolute atomic E-state index is 0.132. The van der Waals surface area contributed by atoms with E-state index in [1.54, 1.807) is 0 Å². The lowest BCUT2D eigenvalue weighted by molar-refractivity contribution is 0.406. The van der Waals surface area contributed by atoms with E-state index in [1.807, 2.05) is 12.3 Å². The molecule has 0 bridgehead atoms. The summed E-state index contributed by atoms with van der Waals surface area (Å²) in [6, 6.07) is 28.1. The van der Waals surface area contributed by atoms with Crippen molar-refractivity contribution in [3.8, 4) is 28.2 Å². The van der Waals surface area contributed by atoms with E-state index in [-0.39, 0.29) is 17.3 Å². The molecule has 0 fully saturated rings. The number of rotatable bonds is 6. The van der Waals surface area contributed by atoms with Gasteiger partial charge in [0, 0.05) is 22.7 Å². The zero-order valence-electron chi connectivity index (χ0n) is 28.1. The van der Waals surface area contributed by atoms with Crippen molar-refractivity contribution in [2.24, 2.45) is 5.41 Å². The van der Waals surface area contributed by atoms with Crippen LogP contribution < -0.4 is 0 Å². The van der Waals surface area contributed by atoms with Crippen molar-refractivity contribution >= 4 is 33.1 Å². The summed E-state index contributed by atoms with van der Waals surface area (Å²) in [4.78, 5) is 15.1. The molecule has 0 unspecified atom stereocenters. The zero-order valence-corrected chi connectivity index (χ0v) is 28.1. The SMILES string of the molecule is Cc1nccc2nc(-c3cccc4c3oc3nc(CC(C)(C)C)ccc34)n(-c3c(C(C)C)cc(-c4ccccc4)cc3C(C)C)c12. The highest BCUT2D eigenvalue weighted by Gasteiger charge is 2.26. The fourth-order valence-electron chi connectivity index (χ4n) is 6.73. The monoisotopic (exact) mass is 606 g/mol. The van der Waals surface area contributed by atoms with Gasteiger partial charge in [-0.05, 0) is 89.2 Å². The van der Waals surface area contributed by atoms with Gasteiger partial charge < -0.3 is 4.42 Å². The maximum absolute atomic E-state index is 6.66. The van der Waals surface area contributed by atoms with E-state index in [2.05, 4.69) is 133 Å². The number of aryl methyl sites for hydroxylation is 1. The van der Waals surface area contributed by atoms with Crippen LogP contribution in [0.3, 0.4) is 0 Å². The number of para-hydroxylation sites is 1. The Kier molecular flexibility index (Phi) is 7.31. The van der Waals surface area contributed by atoms with E-state index in [0.29, 0.717) is 5.71 Å². The van der Waals surface area contributed by atoms with E-state index in [0.717, 1.165) is 56.6 Å². The van der Waals surface area contributed by atoms with Crippen LogP contribution in [0.15, 0.2) is 89.5 Å². The largest absolute Gasteiger partial charge is 0.437 e. The second-order valence-electron chi connectivity index (χ2n) is 14.4. The first-order chi connectivity index (χ1) is 22.0. The van der Waals surface area contributed by atoms with Crippen molar-refractivity contribution in [3.05, 3.63) is 108 Å². The number of furan rings is 1. The van der Waals surface area contributed by atoms with Crippen LogP contribution >= 0.6 is 0 Å². The van der Waals surface area contributed by atoms with Crippen molar-refractivity contribution in [1.29, 1.82) is 0 Å². The minimum atomic E-state index is 0.132. The van der Waals surface area contributed by atoms with E-state index >= 15 is 0 Å². The molecule has 0 saturated carbocycles. The average Bonchev–Trinajstić information content (AvgIpc) is 3.59. The third-order valence-electron chi connectivity index (χ3n) is 8.87. The molecule has 5 nitrogen and oxygen atoms in total. The lowest BCUT2D eigenvalue weighted by atomic mass is 9.88. The Labute approximate surface area is 271 Å². The van der Waals surface area contributed by atoms with Crippen molar-refractivity contribution in [3.63, 3.8) is 0 Å². The van der Waals surface area contributed by atoms with Gasteiger partial charge in [-0.15, -0.1) is 0 Å². The predicted molar refractivity (Wildman–Crippen MR) is 191 cm³/mol. The summed E-state index contributed by atoms with van der Waals surface area (Å²) >= 11 is 0. The second kappa shape index (κ2) is 11.2. The quantitative estimate of drug-likeness (QED) is 0.189. The lowest BCUT2D eigenvalue weighted by Crippen LogP contribution is -2.10. The molecule has 0 aliphatic rings. The number of pyridine rings is 2. The number of hydrogen-bond acceptors (Lipinski definition) is 4. The summed E-state index contributed by atoms with van der Waals surface area (Å²) in [6.45, 7) is 17.9. The van der Waals surface area contributed by atoms with Gasteiger partial charge in [-0.2, -0.15) is 0 Å². The molecule has 7 aromatic rings. The number of hydrogen-bond donors (Lipinski definition) is 0. The van der Waals surface area contributed by atoms with E-state index in [9.17, 15) is 0 Å². The fraction of sp³-hybridized carbons (Fsp3) is 0.293. The maximum atomic E-state index is 6.66. The highest BCUT2D eigenvalue weighted by molar-refractivity contribution is 6.08. The molecule has 0 aliphatic heterocycles. The molecule has 0 N–H and O–H groups in total. The Morgan fingerprint density at radius 2 is 1.48 bits per heavy atom. The Hall–Kier alpha value is -4.77. The molecule has 4 heterocycles. The molecule has 0 radical (unpaired) electrons. The minimum Gasteiger partial charge on any atom is -0.437 e. The van der Waals surface area contributed by atoms with Gasteiger partial charge in [0.25, 0.3) is 0 Å². The van der Waals surface area contributed by atoms with Gasteiger partial charge in [0.2, 0.25) is 5.71 Å². The summed E-state index contributed by atoms with van der Waals surface area (Å²) in [5.74, 6) is 1.39. The van der Waals surface area contributed by atoms with Gasteiger partial charge >= 0.3 is 0 Å². The summed E-state index contributed by atoms with van der Waals surface area (Å²) in [6.07, 6.45) is 2.73. The number of fused-ring (bicyclic) bond motifs is 4. The Morgan fingerprint density at radius 1 is 0.761 bits per heavy atom. The molecule has 46 heavy (non-hydrogen) atoms. The third-order valence-corrected chi connectivity index (χ3v) is 8.87. The molecule has 7 rings (SSSR count). The van der Waals surface area contributed by atoms with E-state index < -0.39 is 0 Å². The molecular formula is C41H42N4O. The summed E-state index contributed by atoms with van der Waals surface area (Å²) in [5.41, 5.74) is 12.6. The highest BCUT2D eigenvalue weighted by Crippen LogP contribution is 2.42. The van der Waals surface area contributed by atoms with Gasteiger partial charge in [-0.25, -0.2) is 9.97 Å². The molecule has 0 amide bonds. The molecule has 3 aromatic carbocycles. The topological polar surface area (TPSA) is 56.7 Å². The summed E-state index contributed by atoms with van der Waals surface area (Å²) in [7, 11) is 0. The molecule has 0 aliphatic carbocycles. The van der Waals surface area contributed by atoms with Crippen LogP contribution in [0.25, 0.3) is 61.3 Å². The number of benzene rings is 3. The lowest BCUT2D eigenvalue weighted by Gasteiger charge is -2.24. The first kappa shape index (κ1) is 29.9. The molecule has 0 saturated heterocycles. The predicted octanol–water partition coefficient (Wildman–Crippen LogP) is 11.2. The smallest absolute Gasteiger partial charge is 0.227 e. The summed E-state index contributed by atoms with van der Waals surface area (Å²) in [5, 5.41) is 2.07. The van der Waals surface area contributed by atoms with Crippen molar-refractivity contribution in [2.45, 2.75) is 73.6 Å². The second-order valence-corrected chi connectivity index (χ2v) is 14.4. The van der Waals surface area contributed by atoms with Gasteiger partial charge in [0.15, 0.2) is 0 Å². The van der Waals surface area contributed by atoms with Gasteiger partial charge in [0.05, 0.1) is 28.0 Å². The normalized spacial score (nSPS) is 12.4. The van der Waals surface area contributed by atoms with Gasteiger partial charge in [-0.1, -0.05) is 90.9 Å². The van der Waals surface area contributed by atoms with Crippen molar-refractivity contribution in [2.75, 3.05) is 0 Å². The molecule has 5 heteroatoms. The van der Waals surface area contributed by atoms with Crippen molar-refractivity contribution in [1.82, 2.24) is 19.5 Å². The van der Waals surface area contributed by atoms with Crippen LogP contribution in [-0.2, 0) is 6.42 Å². The zero-order chi connectivity index (χ0) is 32.3. The number of imidazole rings is 1. The van der Waals surface area contributed by atoms with Crippen LogP contribution in [0.4, 0.5) is 0 Å². The van der Waals surface area contributed by atoms with Gasteiger partial charge in [0.1, 0.15) is 11.4 Å². The third kappa shape index (κ3) is 5.18. The average molecular weight is 607 g/mol. The van der Waals surface area contributed by atoms with E-state index in [1.165, 1.54) is 27.9 Å². The van der Waals surface area contributed by atoms with E-state index in [4.69, 9.17) is 19.4 Å². The first-order valence-corrected chi connectivity index (χ1v) is 16.4. The van der Waals surface area contributed by atoms with Crippen LogP contribution in [0.5, 0.6) is 0 Å². The molecular weight excluding hydrogens is 564 g/mol. The fourth-order valence-corrected chi connectivity index (χ4v) is 6.73. The number of aromatic nitrogens is 4. The highest BCUT2D eigenvalue weighted by atomic mass is 16.3. The molecule has 4 aromatic heterocycles. The first-order valence-electron chi connectivity index (χ1n) is 16.4. The Bertz CT molecular complexity index is 2200. The number of nitrogens with zero attached hydrogens (tertiary/aromatic N) is 4. The maximum Gasteiger partial charge on any atom is 0.227 e. The van der Waals surface area contributed by atoms with Gasteiger partial charge in [-0.3, -0.25) is 9.55 Å². The van der Waals surface area contributed by atoms with Crippen LogP contribution in [0.1, 0.15) is 82.8 Å². The summed E-state index contributed by atoms with van der Waals surface area (Å²) < 4.78 is 9.02. The molecule has 0 atom stereocenters. The van der Waals surface area contributed by atoms with Crippen molar-refractivity contribution < 1.29 is 4.42 Å². The Balaban J connectivity index is 1.55. The molecule has 0 spiro atoms. The Morgan fingerprint density at radius 3 is 2.15 bits per heavy atom. The van der Waals surface area contributed by atoms with Crippen LogP contribution in [0.2, 0.25) is 0 Å². The van der Waals surface area contributed by atoms with Crippen LogP contribution in [-0.4, -0.2) is 19.5 Å². The molecule has 232 valence electrons. The van der Waals surface area contributed by atoms with Crippen LogP contribution in [0, 0.1) is 12.3 Å².